The molecule has 2 aliphatic heterocycles. The summed E-state index contributed by atoms with van der Waals surface area (Å²) in [5, 5.41) is 3.79. The normalized spacial score (nSPS) is 16.4. The molecule has 1 aromatic carbocycles. The van der Waals surface area contributed by atoms with Crippen molar-refractivity contribution in [2.45, 2.75) is 38.1 Å². The number of aromatic nitrogens is 3. The summed E-state index contributed by atoms with van der Waals surface area (Å²) in [7, 11) is 3.79. The van der Waals surface area contributed by atoms with Gasteiger partial charge in [0, 0.05) is 30.8 Å². The van der Waals surface area contributed by atoms with Crippen LogP contribution in [0.15, 0.2) is 48.8 Å². The largest absolute Gasteiger partial charge is 0.497 e. The third-order valence-corrected chi connectivity index (χ3v) is 6.26. The number of imidazole rings is 1. The monoisotopic (exact) mass is 433 g/mol. The number of aldehydes is 1. The molecule has 7 nitrogen and oxygen atoms in total. The average Bonchev–Trinajstić information content (AvgIpc) is 3.29. The molecule has 0 bridgehead atoms. The lowest BCUT2D eigenvalue weighted by Gasteiger charge is -2.45. The molecule has 0 radical (unpaired) electrons. The van der Waals surface area contributed by atoms with Crippen molar-refractivity contribution in [2.75, 3.05) is 32.6 Å². The number of benzene rings is 1. The first-order valence-corrected chi connectivity index (χ1v) is 11.1. The van der Waals surface area contributed by atoms with E-state index in [1.165, 1.54) is 5.69 Å². The van der Waals surface area contributed by atoms with Crippen LogP contribution in [0.4, 0.5) is 5.69 Å². The number of fused-ring (bicyclic) bond motifs is 4. The molecule has 1 fully saturated rings. The topological polar surface area (TPSA) is 72.3 Å². The second-order valence-electron chi connectivity index (χ2n) is 8.77. The molecule has 0 unspecified atom stereocenters. The molecule has 0 atom stereocenters. The van der Waals surface area contributed by atoms with E-state index in [2.05, 4.69) is 52.9 Å². The van der Waals surface area contributed by atoms with Crippen LogP contribution in [0.3, 0.4) is 0 Å². The molecule has 1 saturated heterocycles. The van der Waals surface area contributed by atoms with E-state index in [1.54, 1.807) is 31.4 Å². The van der Waals surface area contributed by atoms with Gasteiger partial charge >= 0.3 is 0 Å². The van der Waals surface area contributed by atoms with E-state index in [4.69, 9.17) is 9.72 Å². The summed E-state index contributed by atoms with van der Waals surface area (Å²) in [5.74, 6) is 3.24. The number of piperidine rings is 1. The lowest BCUT2D eigenvalue weighted by Crippen LogP contribution is -2.49. The first kappa shape index (κ1) is 22.0. The van der Waals surface area contributed by atoms with Gasteiger partial charge in [-0.1, -0.05) is 13.8 Å². The second-order valence-corrected chi connectivity index (χ2v) is 8.77. The zero-order chi connectivity index (χ0) is 22.7. The molecular weight excluding hydrogens is 402 g/mol. The van der Waals surface area contributed by atoms with Crippen LogP contribution in [0.5, 0.6) is 5.75 Å². The molecule has 0 saturated carbocycles. The Morgan fingerprint density at radius 1 is 1.12 bits per heavy atom. The van der Waals surface area contributed by atoms with Crippen molar-refractivity contribution in [2.24, 2.45) is 0 Å². The number of pyridine rings is 1. The minimum absolute atomic E-state index is 0.0112. The smallest absolute Gasteiger partial charge is 0.161 e. The maximum atomic E-state index is 10.2. The molecular formula is C25H31N5O2. The van der Waals surface area contributed by atoms with Crippen LogP contribution >= 0.6 is 0 Å². The van der Waals surface area contributed by atoms with Gasteiger partial charge in [-0.3, -0.25) is 9.36 Å². The molecule has 4 heterocycles. The van der Waals surface area contributed by atoms with Gasteiger partial charge in [0.25, 0.3) is 0 Å². The van der Waals surface area contributed by atoms with Crippen LogP contribution in [0.2, 0.25) is 0 Å². The summed E-state index contributed by atoms with van der Waals surface area (Å²) < 4.78 is 7.19. The summed E-state index contributed by atoms with van der Waals surface area (Å²) >= 11 is 0. The summed E-state index contributed by atoms with van der Waals surface area (Å²) in [6, 6.07) is 11.1. The molecule has 168 valence electrons. The van der Waals surface area contributed by atoms with Gasteiger partial charge in [0.1, 0.15) is 17.9 Å². The minimum Gasteiger partial charge on any atom is -0.497 e. The number of hydrogen-bond donors (Lipinski definition) is 1. The molecule has 0 amide bonds. The highest BCUT2D eigenvalue weighted by Crippen LogP contribution is 2.43. The fourth-order valence-electron chi connectivity index (χ4n) is 4.39. The number of ether oxygens (including phenoxy) is 1. The number of carbonyl (C=O) groups is 1. The van der Waals surface area contributed by atoms with Gasteiger partial charge in [0.05, 0.1) is 30.2 Å². The van der Waals surface area contributed by atoms with Crippen molar-refractivity contribution >= 4 is 12.0 Å². The van der Waals surface area contributed by atoms with Crippen molar-refractivity contribution in [3.05, 3.63) is 65.9 Å². The minimum atomic E-state index is -0.0112. The van der Waals surface area contributed by atoms with E-state index in [9.17, 15) is 4.79 Å². The first-order valence-electron chi connectivity index (χ1n) is 11.1. The summed E-state index contributed by atoms with van der Waals surface area (Å²) in [5.41, 5.74) is 3.05. The Hall–Kier alpha value is -3.19. The SMILES string of the molecule is CC(C)c1ncc2n1-c1ncccc1NC21CCN(C)CC1.COc1ccc(C=O)cc1. The summed E-state index contributed by atoms with van der Waals surface area (Å²) in [4.78, 5) is 21.9. The van der Waals surface area contributed by atoms with Crippen molar-refractivity contribution in [1.82, 2.24) is 19.4 Å². The van der Waals surface area contributed by atoms with E-state index < -0.39 is 0 Å². The molecule has 0 aliphatic carbocycles. The molecule has 7 heteroatoms. The molecule has 1 N–H and O–H groups in total. The third-order valence-electron chi connectivity index (χ3n) is 6.26. The second kappa shape index (κ2) is 9.12. The van der Waals surface area contributed by atoms with Gasteiger partial charge in [0.15, 0.2) is 5.82 Å². The quantitative estimate of drug-likeness (QED) is 0.623. The molecule has 2 aliphatic rings. The van der Waals surface area contributed by atoms with E-state index in [-0.39, 0.29) is 5.54 Å². The summed E-state index contributed by atoms with van der Waals surface area (Å²) in [6.45, 7) is 6.60. The Bertz CT molecular complexity index is 1070. The van der Waals surface area contributed by atoms with Gasteiger partial charge in [-0.2, -0.15) is 0 Å². The molecule has 3 aromatic rings. The standard InChI is InChI=1S/C17H23N5.C8H8O2/c1-12(2)15-19-11-14-17(6-9-21(3)10-7-17)20-13-5-4-8-18-16(13)22(14)15;1-10-8-4-2-7(6-9)3-5-8/h4-5,8,11-12,20H,6-7,9-10H2,1-3H3;2-6H,1H3. The fourth-order valence-corrected chi connectivity index (χ4v) is 4.39. The van der Waals surface area contributed by atoms with E-state index >= 15 is 0 Å². The summed E-state index contributed by atoms with van der Waals surface area (Å²) in [6.07, 6.45) is 6.92. The molecule has 2 aromatic heterocycles. The lowest BCUT2D eigenvalue weighted by molar-refractivity contribution is 0.112. The molecule has 5 rings (SSSR count). The van der Waals surface area contributed by atoms with Crippen LogP contribution in [0.1, 0.15) is 54.5 Å². The number of methoxy groups -OCH3 is 1. The molecule has 1 spiro atoms. The highest BCUT2D eigenvalue weighted by Gasteiger charge is 2.42. The zero-order valence-electron chi connectivity index (χ0n) is 19.2. The van der Waals surface area contributed by atoms with Crippen LogP contribution in [0, 0.1) is 0 Å². The number of nitrogens with zero attached hydrogens (tertiary/aromatic N) is 4. The van der Waals surface area contributed by atoms with Gasteiger partial charge in [-0.25, -0.2) is 9.97 Å². The van der Waals surface area contributed by atoms with E-state index in [0.29, 0.717) is 11.5 Å². The van der Waals surface area contributed by atoms with Crippen molar-refractivity contribution < 1.29 is 9.53 Å². The highest BCUT2D eigenvalue weighted by atomic mass is 16.5. The van der Waals surface area contributed by atoms with Gasteiger partial charge in [0.2, 0.25) is 0 Å². The number of likely N-dealkylation sites (tertiary alicyclic amines) is 1. The van der Waals surface area contributed by atoms with Crippen LogP contribution in [-0.4, -0.2) is 53.0 Å². The predicted octanol–water partition coefficient (Wildman–Crippen LogP) is 4.24. The Balaban J connectivity index is 0.000000207. The Labute approximate surface area is 189 Å². The maximum Gasteiger partial charge on any atom is 0.161 e. The first-order chi connectivity index (χ1) is 15.5. The predicted molar refractivity (Wildman–Crippen MR) is 126 cm³/mol. The van der Waals surface area contributed by atoms with Gasteiger partial charge < -0.3 is 15.0 Å². The third kappa shape index (κ3) is 4.12. The van der Waals surface area contributed by atoms with Gasteiger partial charge in [-0.05, 0) is 56.3 Å². The van der Waals surface area contributed by atoms with Crippen molar-refractivity contribution in [3.63, 3.8) is 0 Å². The number of nitrogens with one attached hydrogen (secondary N) is 1. The molecule has 32 heavy (non-hydrogen) atoms. The Kier molecular flexibility index (Phi) is 6.28. The van der Waals surface area contributed by atoms with E-state index in [1.807, 2.05) is 12.3 Å². The number of anilines is 1. The Morgan fingerprint density at radius 2 is 1.84 bits per heavy atom. The zero-order valence-corrected chi connectivity index (χ0v) is 19.2. The average molecular weight is 434 g/mol. The number of hydrogen-bond acceptors (Lipinski definition) is 6. The Morgan fingerprint density at radius 3 is 2.47 bits per heavy atom. The fraction of sp³-hybridized carbons (Fsp3) is 0.400. The van der Waals surface area contributed by atoms with E-state index in [0.717, 1.165) is 55.3 Å². The van der Waals surface area contributed by atoms with Crippen molar-refractivity contribution in [1.29, 1.82) is 0 Å². The van der Waals surface area contributed by atoms with Crippen LogP contribution < -0.4 is 10.1 Å². The van der Waals surface area contributed by atoms with Crippen molar-refractivity contribution in [3.8, 4) is 11.6 Å². The van der Waals surface area contributed by atoms with Crippen LogP contribution in [-0.2, 0) is 5.54 Å². The highest BCUT2D eigenvalue weighted by molar-refractivity contribution is 5.74. The lowest BCUT2D eigenvalue weighted by atomic mass is 9.83. The number of carbonyl (C=O) groups excluding carboxylic acids is 1. The van der Waals surface area contributed by atoms with Crippen LogP contribution in [0.25, 0.3) is 5.82 Å². The van der Waals surface area contributed by atoms with Gasteiger partial charge in [-0.15, -0.1) is 0 Å². The number of rotatable bonds is 3. The maximum absolute atomic E-state index is 10.2.